The van der Waals surface area contributed by atoms with E-state index in [-0.39, 0.29) is 23.2 Å². The molecule has 2 rings (SSSR count). The van der Waals surface area contributed by atoms with E-state index in [9.17, 15) is 13.6 Å². The van der Waals surface area contributed by atoms with Gasteiger partial charge in [0.25, 0.3) is 0 Å². The number of phenolic OH excluding ortho intramolecular Hbond substituents is 1. The van der Waals surface area contributed by atoms with Crippen LogP contribution in [0.1, 0.15) is 19.4 Å². The molecule has 0 heterocycles. The second kappa shape index (κ2) is 6.04. The molecule has 0 aromatic heterocycles. The normalized spacial score (nSPS) is 21.6. The lowest BCUT2D eigenvalue weighted by Gasteiger charge is -2.17. The van der Waals surface area contributed by atoms with Gasteiger partial charge in [0.2, 0.25) is 0 Å². The number of ketones is 1. The lowest BCUT2D eigenvalue weighted by molar-refractivity contribution is -0.117. The molecule has 21 heavy (non-hydrogen) atoms. The van der Waals surface area contributed by atoms with Gasteiger partial charge in [0.15, 0.2) is 23.2 Å². The van der Waals surface area contributed by atoms with Crippen molar-refractivity contribution in [2.75, 3.05) is 0 Å². The van der Waals surface area contributed by atoms with E-state index < -0.39 is 17.4 Å². The second-order valence-electron chi connectivity index (χ2n) is 5.17. The summed E-state index contributed by atoms with van der Waals surface area (Å²) >= 11 is 0. The fourth-order valence-electron chi connectivity index (χ4n) is 2.26. The van der Waals surface area contributed by atoms with Crippen molar-refractivity contribution >= 4 is 11.4 Å². The van der Waals surface area contributed by atoms with Crippen molar-refractivity contribution in [2.24, 2.45) is 11.8 Å². The highest BCUT2D eigenvalue weighted by atomic mass is 19.1. The van der Waals surface area contributed by atoms with Gasteiger partial charge in [0.05, 0.1) is 0 Å². The topological polar surface area (TPSA) is 37.3 Å². The number of allylic oxidation sites excluding steroid dienone is 6. The van der Waals surface area contributed by atoms with Crippen molar-refractivity contribution in [1.82, 2.24) is 0 Å². The molecule has 0 fully saturated rings. The van der Waals surface area contributed by atoms with Gasteiger partial charge in [-0.3, -0.25) is 4.79 Å². The number of halogens is 2. The molecule has 0 saturated heterocycles. The van der Waals surface area contributed by atoms with Gasteiger partial charge < -0.3 is 5.11 Å². The van der Waals surface area contributed by atoms with Gasteiger partial charge >= 0.3 is 0 Å². The fourth-order valence-corrected chi connectivity index (χ4v) is 2.26. The molecular weight excluding hydrogens is 274 g/mol. The van der Waals surface area contributed by atoms with Crippen molar-refractivity contribution in [2.45, 2.75) is 13.8 Å². The van der Waals surface area contributed by atoms with E-state index in [2.05, 4.69) is 0 Å². The molecule has 4 heteroatoms. The molecule has 1 N–H and O–H groups in total. The van der Waals surface area contributed by atoms with Crippen molar-refractivity contribution in [1.29, 1.82) is 0 Å². The SMILES string of the molecule is C/C(=C\C(=O)C1C=CC=CC1C)c1cc(F)c(O)c(F)c1. The zero-order chi connectivity index (χ0) is 15.6. The third kappa shape index (κ3) is 3.27. The van der Waals surface area contributed by atoms with E-state index in [0.29, 0.717) is 5.57 Å². The van der Waals surface area contributed by atoms with Crippen LogP contribution in [0.25, 0.3) is 5.57 Å². The Bertz CT molecular complexity index is 634. The third-order valence-electron chi connectivity index (χ3n) is 3.57. The van der Waals surface area contributed by atoms with Gasteiger partial charge in [-0.25, -0.2) is 8.78 Å². The minimum atomic E-state index is -1.04. The Morgan fingerprint density at radius 2 is 1.76 bits per heavy atom. The zero-order valence-electron chi connectivity index (χ0n) is 11.8. The average molecular weight is 290 g/mol. The summed E-state index contributed by atoms with van der Waals surface area (Å²) in [5, 5.41) is 9.08. The fraction of sp³-hybridized carbons (Fsp3) is 0.235. The monoisotopic (exact) mass is 290 g/mol. The molecule has 1 aliphatic rings. The van der Waals surface area contributed by atoms with E-state index in [0.717, 1.165) is 12.1 Å². The molecule has 1 aromatic rings. The lowest BCUT2D eigenvalue weighted by atomic mass is 9.85. The number of hydrogen-bond donors (Lipinski definition) is 1. The van der Waals surface area contributed by atoms with Crippen LogP contribution in [0.15, 0.2) is 42.5 Å². The summed E-state index contributed by atoms with van der Waals surface area (Å²) in [5.74, 6) is -3.39. The minimum Gasteiger partial charge on any atom is -0.503 e. The summed E-state index contributed by atoms with van der Waals surface area (Å²) in [7, 11) is 0. The minimum absolute atomic E-state index is 0.0832. The van der Waals surface area contributed by atoms with E-state index in [1.807, 2.05) is 31.2 Å². The summed E-state index contributed by atoms with van der Waals surface area (Å²) in [6.45, 7) is 3.54. The molecule has 2 nitrogen and oxygen atoms in total. The Labute approximate surface area is 122 Å². The van der Waals surface area contributed by atoms with Crippen molar-refractivity contribution in [3.05, 3.63) is 59.7 Å². The van der Waals surface area contributed by atoms with Gasteiger partial charge in [-0.15, -0.1) is 0 Å². The zero-order valence-corrected chi connectivity index (χ0v) is 11.8. The highest BCUT2D eigenvalue weighted by Gasteiger charge is 2.21. The number of phenols is 1. The molecule has 2 atom stereocenters. The second-order valence-corrected chi connectivity index (χ2v) is 5.17. The summed E-state index contributed by atoms with van der Waals surface area (Å²) in [4.78, 5) is 12.2. The molecule has 2 unspecified atom stereocenters. The summed E-state index contributed by atoms with van der Waals surface area (Å²) in [6, 6.07) is 2.02. The number of aromatic hydroxyl groups is 1. The standard InChI is InChI=1S/C17H16F2O2/c1-10-5-3-4-6-13(10)16(20)7-11(2)12-8-14(18)17(21)15(19)9-12/h3-10,13,21H,1-2H3/b11-7+. The summed E-state index contributed by atoms with van der Waals surface area (Å²) < 4.78 is 26.7. The molecule has 0 saturated carbocycles. The Hall–Kier alpha value is -2.23. The van der Waals surface area contributed by atoms with Crippen LogP contribution < -0.4 is 0 Å². The Balaban J connectivity index is 2.27. The number of carbonyl (C=O) groups excluding carboxylic acids is 1. The Morgan fingerprint density at radius 1 is 1.19 bits per heavy atom. The predicted octanol–water partition coefficient (Wildman–Crippen LogP) is 4.02. The van der Waals surface area contributed by atoms with Crippen molar-refractivity contribution in [3.63, 3.8) is 0 Å². The van der Waals surface area contributed by atoms with Crippen molar-refractivity contribution < 1.29 is 18.7 Å². The number of benzene rings is 1. The maximum atomic E-state index is 13.3. The number of hydrogen-bond acceptors (Lipinski definition) is 2. The van der Waals surface area contributed by atoms with Gasteiger partial charge in [0.1, 0.15) is 0 Å². The van der Waals surface area contributed by atoms with Gasteiger partial charge in [-0.05, 0) is 42.2 Å². The van der Waals surface area contributed by atoms with Gasteiger partial charge in [-0.2, -0.15) is 0 Å². The first-order chi connectivity index (χ1) is 9.90. The predicted molar refractivity (Wildman–Crippen MR) is 77.6 cm³/mol. The average Bonchev–Trinajstić information content (AvgIpc) is 2.44. The van der Waals surface area contributed by atoms with E-state index in [4.69, 9.17) is 5.11 Å². The number of carbonyl (C=O) groups is 1. The van der Waals surface area contributed by atoms with Crippen LogP contribution >= 0.6 is 0 Å². The highest BCUT2D eigenvalue weighted by Crippen LogP contribution is 2.27. The van der Waals surface area contributed by atoms with Crippen LogP contribution in [0, 0.1) is 23.5 Å². The maximum absolute atomic E-state index is 13.3. The van der Waals surface area contributed by atoms with Crippen LogP contribution in [-0.4, -0.2) is 10.9 Å². The first-order valence-corrected chi connectivity index (χ1v) is 6.65. The molecule has 0 radical (unpaired) electrons. The molecule has 1 aromatic carbocycles. The molecule has 110 valence electrons. The van der Waals surface area contributed by atoms with Crippen LogP contribution in [0.5, 0.6) is 5.75 Å². The van der Waals surface area contributed by atoms with E-state index in [1.54, 1.807) is 6.92 Å². The molecule has 1 aliphatic carbocycles. The third-order valence-corrected chi connectivity index (χ3v) is 3.57. The first kappa shape index (κ1) is 15.2. The highest BCUT2D eigenvalue weighted by molar-refractivity contribution is 5.99. The van der Waals surface area contributed by atoms with Gasteiger partial charge in [0, 0.05) is 5.92 Å². The quantitative estimate of drug-likeness (QED) is 0.854. The molecule has 0 spiro atoms. The molecule has 0 aliphatic heterocycles. The molecule has 0 amide bonds. The number of rotatable bonds is 3. The lowest BCUT2D eigenvalue weighted by Crippen LogP contribution is -2.18. The largest absolute Gasteiger partial charge is 0.503 e. The Morgan fingerprint density at radius 3 is 2.33 bits per heavy atom. The van der Waals surface area contributed by atoms with Crippen LogP contribution in [0.2, 0.25) is 0 Å². The first-order valence-electron chi connectivity index (χ1n) is 6.65. The molecule has 0 bridgehead atoms. The van der Waals surface area contributed by atoms with Crippen molar-refractivity contribution in [3.8, 4) is 5.75 Å². The maximum Gasteiger partial charge on any atom is 0.187 e. The van der Waals surface area contributed by atoms with Gasteiger partial charge in [-0.1, -0.05) is 31.2 Å². The smallest absolute Gasteiger partial charge is 0.187 e. The van der Waals surface area contributed by atoms with E-state index >= 15 is 0 Å². The summed E-state index contributed by atoms with van der Waals surface area (Å²) in [5.41, 5.74) is 0.687. The van der Waals surface area contributed by atoms with E-state index in [1.165, 1.54) is 6.08 Å². The van der Waals surface area contributed by atoms with Crippen LogP contribution in [0.3, 0.4) is 0 Å². The van der Waals surface area contributed by atoms with Crippen LogP contribution in [-0.2, 0) is 4.79 Å². The summed E-state index contributed by atoms with van der Waals surface area (Å²) in [6.07, 6.45) is 8.83. The molecular formula is C17H16F2O2. The Kier molecular flexibility index (Phi) is 4.36. The van der Waals surface area contributed by atoms with Crippen LogP contribution in [0.4, 0.5) is 8.78 Å².